The van der Waals surface area contributed by atoms with E-state index < -0.39 is 0 Å². The molecular weight excluding hydrogens is 224 g/mol. The van der Waals surface area contributed by atoms with Crippen molar-refractivity contribution in [1.29, 1.82) is 0 Å². The Bertz CT molecular complexity index is 413. The van der Waals surface area contributed by atoms with Crippen molar-refractivity contribution >= 4 is 11.6 Å². The largest absolute Gasteiger partial charge is 0.314 e. The number of nitrogens with zero attached hydrogens (tertiary/aromatic N) is 1. The highest BCUT2D eigenvalue weighted by molar-refractivity contribution is 5.96. The van der Waals surface area contributed by atoms with Gasteiger partial charge in [0.1, 0.15) is 0 Å². The molecule has 0 aromatic heterocycles. The van der Waals surface area contributed by atoms with E-state index in [0.29, 0.717) is 6.04 Å². The number of aryl methyl sites for hydroxylation is 1. The molecular formula is C15H22N2O. The molecule has 1 fully saturated rings. The van der Waals surface area contributed by atoms with Gasteiger partial charge in [0, 0.05) is 18.8 Å². The Morgan fingerprint density at radius 2 is 1.94 bits per heavy atom. The number of carbonyl (C=O) groups is 1. The predicted octanol–water partition coefficient (Wildman–Crippen LogP) is 2.49. The van der Waals surface area contributed by atoms with Crippen molar-refractivity contribution in [2.45, 2.75) is 45.2 Å². The van der Waals surface area contributed by atoms with Gasteiger partial charge in [0.25, 0.3) is 0 Å². The number of nitrogens with one attached hydrogen (secondary N) is 1. The number of hydrogen-bond donors (Lipinski definition) is 1. The van der Waals surface area contributed by atoms with Gasteiger partial charge in [-0.2, -0.15) is 0 Å². The third kappa shape index (κ3) is 2.91. The molecule has 2 atom stereocenters. The van der Waals surface area contributed by atoms with Crippen LogP contribution in [0.4, 0.5) is 5.69 Å². The fourth-order valence-electron chi connectivity index (χ4n) is 2.46. The molecule has 0 spiro atoms. The molecule has 1 aromatic rings. The Labute approximate surface area is 109 Å². The highest BCUT2D eigenvalue weighted by atomic mass is 16.2. The van der Waals surface area contributed by atoms with E-state index in [1.807, 2.05) is 31.3 Å². The second-order valence-corrected chi connectivity index (χ2v) is 5.28. The quantitative estimate of drug-likeness (QED) is 0.869. The summed E-state index contributed by atoms with van der Waals surface area (Å²) in [5, 5.41) is 3.39. The van der Waals surface area contributed by atoms with Gasteiger partial charge in [0.2, 0.25) is 5.91 Å². The summed E-state index contributed by atoms with van der Waals surface area (Å²) in [5.74, 6) is 0.172. The number of likely N-dealkylation sites (N-methyl/N-ethyl adjacent to an activating group) is 1. The average molecular weight is 246 g/mol. The van der Waals surface area contributed by atoms with Crippen LogP contribution in [-0.2, 0) is 4.79 Å². The minimum absolute atomic E-state index is 0.0277. The molecule has 3 nitrogen and oxygen atoms in total. The summed E-state index contributed by atoms with van der Waals surface area (Å²) < 4.78 is 0. The van der Waals surface area contributed by atoms with E-state index in [0.717, 1.165) is 24.9 Å². The maximum atomic E-state index is 12.4. The van der Waals surface area contributed by atoms with Crippen molar-refractivity contribution in [3.63, 3.8) is 0 Å². The number of carbonyl (C=O) groups excluding carboxylic acids is 1. The SMILES string of the molecule is Cc1ccc(N(C)C(=O)C2CCCC(C)N2)cc1. The molecule has 1 aliphatic rings. The molecule has 1 heterocycles. The molecule has 1 saturated heterocycles. The number of benzene rings is 1. The predicted molar refractivity (Wildman–Crippen MR) is 74.8 cm³/mol. The Kier molecular flexibility index (Phi) is 4.02. The highest BCUT2D eigenvalue weighted by Gasteiger charge is 2.26. The van der Waals surface area contributed by atoms with Crippen molar-refractivity contribution in [1.82, 2.24) is 5.32 Å². The topological polar surface area (TPSA) is 32.3 Å². The fraction of sp³-hybridized carbons (Fsp3) is 0.533. The van der Waals surface area contributed by atoms with Gasteiger partial charge < -0.3 is 10.2 Å². The van der Waals surface area contributed by atoms with Gasteiger partial charge in [-0.25, -0.2) is 0 Å². The zero-order valence-corrected chi connectivity index (χ0v) is 11.4. The molecule has 18 heavy (non-hydrogen) atoms. The minimum atomic E-state index is -0.0277. The Balaban J connectivity index is 2.06. The number of amides is 1. The van der Waals surface area contributed by atoms with Crippen LogP contribution in [0.1, 0.15) is 31.7 Å². The van der Waals surface area contributed by atoms with Crippen LogP contribution >= 0.6 is 0 Å². The van der Waals surface area contributed by atoms with Gasteiger partial charge in [-0.1, -0.05) is 17.7 Å². The van der Waals surface area contributed by atoms with Gasteiger partial charge in [0.15, 0.2) is 0 Å². The molecule has 0 aliphatic carbocycles. The second-order valence-electron chi connectivity index (χ2n) is 5.28. The molecule has 0 saturated carbocycles. The molecule has 0 bridgehead atoms. The number of anilines is 1. The van der Waals surface area contributed by atoms with Crippen LogP contribution in [-0.4, -0.2) is 25.0 Å². The van der Waals surface area contributed by atoms with E-state index in [-0.39, 0.29) is 11.9 Å². The molecule has 1 amide bonds. The Morgan fingerprint density at radius 1 is 1.28 bits per heavy atom. The van der Waals surface area contributed by atoms with Crippen LogP contribution < -0.4 is 10.2 Å². The monoisotopic (exact) mass is 246 g/mol. The van der Waals surface area contributed by atoms with Gasteiger partial charge in [-0.3, -0.25) is 4.79 Å². The number of hydrogen-bond acceptors (Lipinski definition) is 2. The lowest BCUT2D eigenvalue weighted by molar-refractivity contribution is -0.121. The highest BCUT2D eigenvalue weighted by Crippen LogP contribution is 2.18. The Hall–Kier alpha value is -1.35. The summed E-state index contributed by atoms with van der Waals surface area (Å²) >= 11 is 0. The fourth-order valence-corrected chi connectivity index (χ4v) is 2.46. The van der Waals surface area contributed by atoms with Crippen molar-refractivity contribution in [3.05, 3.63) is 29.8 Å². The van der Waals surface area contributed by atoms with E-state index in [9.17, 15) is 4.79 Å². The average Bonchev–Trinajstić information content (AvgIpc) is 2.38. The van der Waals surface area contributed by atoms with E-state index in [2.05, 4.69) is 19.2 Å². The molecule has 2 rings (SSSR count). The van der Waals surface area contributed by atoms with Crippen molar-refractivity contribution < 1.29 is 4.79 Å². The lowest BCUT2D eigenvalue weighted by Gasteiger charge is -2.31. The lowest BCUT2D eigenvalue weighted by Crippen LogP contribution is -2.50. The smallest absolute Gasteiger partial charge is 0.243 e. The van der Waals surface area contributed by atoms with E-state index in [1.54, 1.807) is 4.90 Å². The van der Waals surface area contributed by atoms with Crippen LogP contribution in [0.25, 0.3) is 0 Å². The lowest BCUT2D eigenvalue weighted by atomic mass is 9.98. The van der Waals surface area contributed by atoms with Gasteiger partial charge in [-0.15, -0.1) is 0 Å². The first kappa shape index (κ1) is 13.1. The summed E-state index contributed by atoms with van der Waals surface area (Å²) in [6, 6.07) is 8.49. The van der Waals surface area contributed by atoms with Crippen LogP contribution in [0, 0.1) is 6.92 Å². The molecule has 98 valence electrons. The maximum Gasteiger partial charge on any atom is 0.243 e. The first-order chi connectivity index (χ1) is 8.58. The van der Waals surface area contributed by atoms with Gasteiger partial charge in [-0.05, 0) is 45.2 Å². The minimum Gasteiger partial charge on any atom is -0.314 e. The summed E-state index contributed by atoms with van der Waals surface area (Å²) in [4.78, 5) is 14.2. The van der Waals surface area contributed by atoms with Crippen LogP contribution in [0.5, 0.6) is 0 Å². The zero-order chi connectivity index (χ0) is 13.1. The second kappa shape index (κ2) is 5.53. The zero-order valence-electron chi connectivity index (χ0n) is 11.4. The first-order valence-corrected chi connectivity index (χ1v) is 6.68. The molecule has 2 unspecified atom stereocenters. The molecule has 3 heteroatoms. The van der Waals surface area contributed by atoms with E-state index in [4.69, 9.17) is 0 Å². The standard InChI is InChI=1S/C15H22N2O/c1-11-7-9-13(10-8-11)17(3)15(18)14-6-4-5-12(2)16-14/h7-10,12,14,16H,4-6H2,1-3H3. The normalized spacial score (nSPS) is 23.7. The van der Waals surface area contributed by atoms with Crippen LogP contribution in [0.3, 0.4) is 0 Å². The van der Waals surface area contributed by atoms with Crippen molar-refractivity contribution in [3.8, 4) is 0 Å². The van der Waals surface area contributed by atoms with E-state index >= 15 is 0 Å². The molecule has 0 radical (unpaired) electrons. The number of rotatable bonds is 2. The third-order valence-corrected chi connectivity index (χ3v) is 3.67. The molecule has 1 N–H and O–H groups in total. The summed E-state index contributed by atoms with van der Waals surface area (Å²) in [6.45, 7) is 4.20. The van der Waals surface area contributed by atoms with Crippen molar-refractivity contribution in [2.75, 3.05) is 11.9 Å². The molecule has 1 aliphatic heterocycles. The van der Waals surface area contributed by atoms with Gasteiger partial charge in [0.05, 0.1) is 6.04 Å². The van der Waals surface area contributed by atoms with Crippen LogP contribution in [0.15, 0.2) is 24.3 Å². The summed E-state index contributed by atoms with van der Waals surface area (Å²) in [7, 11) is 1.86. The van der Waals surface area contributed by atoms with E-state index in [1.165, 1.54) is 5.56 Å². The summed E-state index contributed by atoms with van der Waals surface area (Å²) in [5.41, 5.74) is 2.18. The summed E-state index contributed by atoms with van der Waals surface area (Å²) in [6.07, 6.45) is 3.24. The molecule has 1 aromatic carbocycles. The third-order valence-electron chi connectivity index (χ3n) is 3.67. The maximum absolute atomic E-state index is 12.4. The first-order valence-electron chi connectivity index (χ1n) is 6.68. The number of piperidine rings is 1. The van der Waals surface area contributed by atoms with Crippen LogP contribution in [0.2, 0.25) is 0 Å². The Morgan fingerprint density at radius 3 is 2.56 bits per heavy atom. The van der Waals surface area contributed by atoms with Gasteiger partial charge >= 0.3 is 0 Å². The van der Waals surface area contributed by atoms with Crippen molar-refractivity contribution in [2.24, 2.45) is 0 Å².